The number of aromatic nitrogens is 3. The zero-order valence-electron chi connectivity index (χ0n) is 18.2. The maximum Gasteiger partial charge on any atom is 0.422 e. The minimum atomic E-state index is -4.84. The number of anilines is 2. The lowest BCUT2D eigenvalue weighted by atomic mass is 10.1. The Morgan fingerprint density at radius 3 is 2.39 bits per heavy atom. The molecule has 2 aromatic heterocycles. The van der Waals surface area contributed by atoms with Gasteiger partial charge in [-0.1, -0.05) is 0 Å². The smallest absolute Gasteiger partial charge is 0.422 e. The quantitative estimate of drug-likeness (QED) is 0.524. The van der Waals surface area contributed by atoms with E-state index in [-0.39, 0.29) is 29.5 Å². The van der Waals surface area contributed by atoms with Crippen molar-refractivity contribution in [2.75, 3.05) is 65.4 Å². The molecule has 1 aliphatic heterocycles. The topological polar surface area (TPSA) is 134 Å². The van der Waals surface area contributed by atoms with E-state index >= 15 is 0 Å². The molecule has 1 saturated heterocycles. The predicted octanol–water partition coefficient (Wildman–Crippen LogP) is 1.96. The molecule has 1 fully saturated rings. The molecule has 3 rings (SSSR count). The van der Waals surface area contributed by atoms with E-state index in [4.69, 9.17) is 24.3 Å². The Bertz CT molecular complexity index is 1030. The minimum absolute atomic E-state index is 0.0987. The normalized spacial score (nSPS) is 15.5. The zero-order chi connectivity index (χ0) is 24.2. The maximum atomic E-state index is 14.2. The summed E-state index contributed by atoms with van der Waals surface area (Å²) in [6.07, 6.45) is -4.84. The van der Waals surface area contributed by atoms with Crippen molar-refractivity contribution in [3.05, 3.63) is 17.7 Å². The Balaban J connectivity index is 2.10. The fourth-order valence-corrected chi connectivity index (χ4v) is 4.19. The lowest BCUT2D eigenvalue weighted by molar-refractivity contribution is -0.136. The monoisotopic (exact) mass is 492 g/mol. The first kappa shape index (κ1) is 25.1. The maximum absolute atomic E-state index is 14.2. The molecule has 0 aromatic carbocycles. The highest BCUT2D eigenvalue weighted by molar-refractivity contribution is 7.61. The molecule has 0 amide bonds. The van der Waals surface area contributed by atoms with Gasteiger partial charge in [-0.3, -0.25) is 9.46 Å². The van der Waals surface area contributed by atoms with Crippen LogP contribution in [0.5, 0.6) is 5.88 Å². The molecule has 0 saturated carbocycles. The van der Waals surface area contributed by atoms with E-state index in [2.05, 4.69) is 20.3 Å². The third-order valence-corrected chi connectivity index (χ3v) is 6.61. The summed E-state index contributed by atoms with van der Waals surface area (Å²) < 4.78 is 75.3. The number of halogens is 3. The van der Waals surface area contributed by atoms with Gasteiger partial charge >= 0.3 is 13.8 Å². The van der Waals surface area contributed by atoms with Crippen LogP contribution < -0.4 is 21.2 Å². The van der Waals surface area contributed by atoms with Gasteiger partial charge in [-0.05, 0) is 12.1 Å². The number of hydrogen-bond acceptors (Lipinski definition) is 11. The van der Waals surface area contributed by atoms with Gasteiger partial charge in [0.15, 0.2) is 5.44 Å². The number of nitrogen functional groups attached to an aromatic ring is 1. The van der Waals surface area contributed by atoms with Crippen LogP contribution in [0, 0.1) is 0 Å². The van der Waals surface area contributed by atoms with Gasteiger partial charge in [0.05, 0.1) is 38.2 Å². The van der Waals surface area contributed by atoms with Crippen molar-refractivity contribution in [1.29, 1.82) is 0 Å². The van der Waals surface area contributed by atoms with Gasteiger partial charge in [0.2, 0.25) is 11.8 Å². The number of nitrogens with one attached hydrogen (secondary N) is 1. The van der Waals surface area contributed by atoms with E-state index in [0.717, 1.165) is 14.2 Å². The molecule has 182 valence electrons. The van der Waals surface area contributed by atoms with Crippen LogP contribution in [0.15, 0.2) is 12.1 Å². The van der Waals surface area contributed by atoms with Crippen molar-refractivity contribution < 1.29 is 36.3 Å². The molecule has 0 radical (unpaired) electrons. The number of methoxy groups -OCH3 is 1. The average molecular weight is 492 g/mol. The molecule has 33 heavy (non-hydrogen) atoms. The molecule has 0 aliphatic carbocycles. The van der Waals surface area contributed by atoms with Crippen LogP contribution in [-0.4, -0.2) is 74.2 Å². The Labute approximate surface area is 187 Å². The first-order valence-corrected chi connectivity index (χ1v) is 11.2. The number of ether oxygens (including phenoxy) is 2. The zero-order valence-corrected chi connectivity index (χ0v) is 19.1. The van der Waals surface area contributed by atoms with E-state index in [1.54, 1.807) is 0 Å². The predicted molar refractivity (Wildman–Crippen MR) is 113 cm³/mol. The summed E-state index contributed by atoms with van der Waals surface area (Å²) in [5.74, 6) is -1.14. The molecular formula is C18H24F3N6O5P. The largest absolute Gasteiger partial charge is 0.480 e. The number of pyridine rings is 1. The summed E-state index contributed by atoms with van der Waals surface area (Å²) in [6.45, 7) is 2.17. The first-order valence-electron chi connectivity index (χ1n) is 9.69. The molecule has 11 nitrogen and oxygen atoms in total. The van der Waals surface area contributed by atoms with Gasteiger partial charge in [-0.15, -0.1) is 0 Å². The van der Waals surface area contributed by atoms with Crippen LogP contribution in [0.2, 0.25) is 0 Å². The summed E-state index contributed by atoms with van der Waals surface area (Å²) >= 11 is 0. The average Bonchev–Trinajstić information content (AvgIpc) is 2.81. The molecule has 1 aliphatic rings. The number of nitrogens with zero attached hydrogens (tertiary/aromatic N) is 4. The summed E-state index contributed by atoms with van der Waals surface area (Å²) in [5.41, 5.74) is 3.79. The Morgan fingerprint density at radius 1 is 1.15 bits per heavy atom. The molecule has 0 unspecified atom stereocenters. The molecule has 2 aromatic rings. The molecule has 3 heterocycles. The second kappa shape index (κ2) is 10.2. The van der Waals surface area contributed by atoms with Crippen molar-refractivity contribution >= 4 is 24.8 Å². The highest BCUT2D eigenvalue weighted by atomic mass is 31.2. The van der Waals surface area contributed by atoms with Gasteiger partial charge in [-0.25, -0.2) is 9.97 Å². The Kier molecular flexibility index (Phi) is 7.75. The number of nitrogens with two attached hydrogens (primary N) is 1. The third-order valence-electron chi connectivity index (χ3n) is 4.84. The minimum Gasteiger partial charge on any atom is -0.480 e. The van der Waals surface area contributed by atoms with Crippen LogP contribution in [0.25, 0.3) is 11.3 Å². The van der Waals surface area contributed by atoms with E-state index in [1.807, 2.05) is 4.90 Å². The standard InChI is InChI=1S/C18H24F3N6O5P/c1-29-16-11(4-5-12(24-16)33(28,30-2)31-3)14-13(18(19,20)21)15(26-17(22)25-14)23-10-27-6-8-32-9-7-27/h4-5H,6-10H2,1-3H3,(H3,22,23,25,26). The number of rotatable bonds is 8. The lowest BCUT2D eigenvalue weighted by Crippen LogP contribution is -2.39. The molecule has 0 spiro atoms. The molecule has 3 N–H and O–H groups in total. The fraction of sp³-hybridized carbons (Fsp3) is 0.500. The van der Waals surface area contributed by atoms with Crippen molar-refractivity contribution in [3.8, 4) is 17.1 Å². The molecule has 0 bridgehead atoms. The SMILES string of the molecule is COc1nc(P(=O)(OC)OC)ccc1-c1nc(N)nc(NCN2CCOCC2)c1C(F)(F)F. The van der Waals surface area contributed by atoms with E-state index in [1.165, 1.54) is 19.2 Å². The van der Waals surface area contributed by atoms with E-state index < -0.39 is 30.8 Å². The second-order valence-corrected chi connectivity index (χ2v) is 8.99. The van der Waals surface area contributed by atoms with Crippen molar-refractivity contribution in [3.63, 3.8) is 0 Å². The van der Waals surface area contributed by atoms with Gasteiger partial charge in [-0.2, -0.15) is 18.2 Å². The first-order chi connectivity index (χ1) is 15.6. The number of morpholine rings is 1. The van der Waals surface area contributed by atoms with Crippen molar-refractivity contribution in [2.45, 2.75) is 6.18 Å². The van der Waals surface area contributed by atoms with E-state index in [0.29, 0.717) is 26.3 Å². The molecule has 0 atom stereocenters. The Hall–Kier alpha value is -2.51. The highest BCUT2D eigenvalue weighted by Gasteiger charge is 2.40. The Morgan fingerprint density at radius 2 is 1.82 bits per heavy atom. The van der Waals surface area contributed by atoms with Gasteiger partial charge in [0.25, 0.3) is 0 Å². The molecule has 15 heteroatoms. The van der Waals surface area contributed by atoms with Crippen LogP contribution in [0.4, 0.5) is 24.9 Å². The van der Waals surface area contributed by atoms with Crippen LogP contribution in [0.3, 0.4) is 0 Å². The lowest BCUT2D eigenvalue weighted by Gasteiger charge is -2.27. The summed E-state index contributed by atoms with van der Waals surface area (Å²) in [6, 6.07) is 2.44. The molecular weight excluding hydrogens is 468 g/mol. The number of alkyl halides is 3. The van der Waals surface area contributed by atoms with Crippen molar-refractivity contribution in [1.82, 2.24) is 19.9 Å². The van der Waals surface area contributed by atoms with Gasteiger partial charge in [0.1, 0.15) is 11.4 Å². The summed E-state index contributed by atoms with van der Waals surface area (Å²) in [7, 11) is -0.253. The van der Waals surface area contributed by atoms with Crippen molar-refractivity contribution in [2.24, 2.45) is 0 Å². The summed E-state index contributed by atoms with van der Waals surface area (Å²) in [5, 5.41) is 2.71. The van der Waals surface area contributed by atoms with Gasteiger partial charge in [0, 0.05) is 27.3 Å². The number of hydrogen-bond donors (Lipinski definition) is 2. The highest BCUT2D eigenvalue weighted by Crippen LogP contribution is 2.46. The van der Waals surface area contributed by atoms with E-state index in [9.17, 15) is 17.7 Å². The second-order valence-electron chi connectivity index (χ2n) is 6.81. The fourth-order valence-electron chi connectivity index (χ4n) is 3.20. The summed E-state index contributed by atoms with van der Waals surface area (Å²) in [4.78, 5) is 13.5. The van der Waals surface area contributed by atoms with Gasteiger partial charge < -0.3 is 29.6 Å². The third kappa shape index (κ3) is 5.53. The van der Waals surface area contributed by atoms with Crippen LogP contribution >= 0.6 is 7.60 Å². The van der Waals surface area contributed by atoms with Crippen LogP contribution in [-0.2, 0) is 24.5 Å². The van der Waals surface area contributed by atoms with Crippen LogP contribution in [0.1, 0.15) is 5.56 Å².